The van der Waals surface area contributed by atoms with Gasteiger partial charge in [-0.3, -0.25) is 11.3 Å². The minimum absolute atomic E-state index is 0.139. The average Bonchev–Trinajstić information content (AvgIpc) is 3.60. The van der Waals surface area contributed by atoms with Crippen LogP contribution in [-0.2, 0) is 0 Å². The van der Waals surface area contributed by atoms with Gasteiger partial charge in [0, 0.05) is 40.2 Å². The van der Waals surface area contributed by atoms with Crippen LogP contribution in [0.5, 0.6) is 0 Å². The molecule has 3 N–H and O–H groups in total. The highest BCUT2D eigenvalue weighted by atomic mass is 16.3. The smallest absolute Gasteiger partial charge is 0.135 e. The number of allylic oxidation sites excluding steroid dienone is 9. The molecule has 4 heteroatoms. The molecule has 2 heterocycles. The molecule has 5 aromatic carbocycles. The van der Waals surface area contributed by atoms with Crippen LogP contribution in [0.4, 0.5) is 11.4 Å². The summed E-state index contributed by atoms with van der Waals surface area (Å²) in [5.41, 5.74) is 15.0. The average molecular weight is 706 g/mol. The first-order valence-corrected chi connectivity index (χ1v) is 18.4. The van der Waals surface area contributed by atoms with Crippen LogP contribution in [0.2, 0.25) is 0 Å². The Kier molecular flexibility index (Phi) is 12.4. The highest BCUT2D eigenvalue weighted by Gasteiger charge is 2.23. The summed E-state index contributed by atoms with van der Waals surface area (Å²) < 4.78 is 6.42. The minimum Gasteiger partial charge on any atom is -0.456 e. The summed E-state index contributed by atoms with van der Waals surface area (Å²) in [5, 5.41) is 2.27. The van der Waals surface area contributed by atoms with Crippen LogP contribution in [-0.4, -0.2) is 6.04 Å². The molecule has 7 rings (SSSR count). The summed E-state index contributed by atoms with van der Waals surface area (Å²) in [6, 6.07) is 40.8. The molecule has 1 aliphatic rings. The van der Waals surface area contributed by atoms with Crippen LogP contribution >= 0.6 is 0 Å². The van der Waals surface area contributed by atoms with E-state index in [1.807, 2.05) is 30.4 Å². The van der Waals surface area contributed by atoms with Gasteiger partial charge in [-0.1, -0.05) is 129 Å². The van der Waals surface area contributed by atoms with Crippen molar-refractivity contribution in [2.75, 3.05) is 4.90 Å². The number of hydrogen-bond acceptors (Lipinski definition) is 4. The molecule has 0 amide bonds. The number of hydrazine groups is 1. The van der Waals surface area contributed by atoms with Crippen molar-refractivity contribution in [2.24, 2.45) is 5.84 Å². The Hall–Kier alpha value is -6.38. The van der Waals surface area contributed by atoms with Crippen LogP contribution < -0.4 is 16.2 Å². The van der Waals surface area contributed by atoms with Crippen LogP contribution in [0.3, 0.4) is 0 Å². The lowest BCUT2D eigenvalue weighted by Gasteiger charge is -2.25. The van der Waals surface area contributed by atoms with E-state index in [0.29, 0.717) is 0 Å². The lowest BCUT2D eigenvalue weighted by atomic mass is 9.84. The molecule has 0 fully saturated rings. The number of terminal acetylenes is 1. The van der Waals surface area contributed by atoms with Gasteiger partial charge in [-0.2, -0.15) is 0 Å². The van der Waals surface area contributed by atoms with Gasteiger partial charge < -0.3 is 9.32 Å². The summed E-state index contributed by atoms with van der Waals surface area (Å²) in [5.74, 6) is 8.44. The molecule has 0 aliphatic carbocycles. The van der Waals surface area contributed by atoms with Crippen molar-refractivity contribution < 1.29 is 4.42 Å². The first kappa shape index (κ1) is 37.4. The fraction of sp³-hybridized carbons (Fsp3) is 0.120. The highest BCUT2D eigenvalue weighted by molar-refractivity contribution is 6.08. The SMILES string of the molecule is C#C/C=C\C=C(/C=C)CC.C=C1/C=C\C=C/N(c2ccccc2)c2ccc(-c3ccc4oc5cccc(C(CC(C)NN)c6ccccc6)c5c4c3)cc21. The van der Waals surface area contributed by atoms with E-state index < -0.39 is 0 Å². The third-order valence-corrected chi connectivity index (χ3v) is 9.76. The standard InChI is InChI=1S/C40H35N3O.C10H12/c1-27-12-9-10-23-43(32-15-7-4-8-16-32)37-21-19-30(25-34(27)37)31-20-22-38-36(26-31)40-33(17-11-18-39(40)44-38)35(24-28(2)42-41)29-13-5-3-6-14-29;1-4-7-8-9-10(5-2)6-3/h3-23,25-26,28,35,42H,1,24,41H2,2H3;1,5,7-9H,2,6H2,3H3/b12-9-,23-10-;8-7-,10-9+. The maximum atomic E-state index is 6.42. The van der Waals surface area contributed by atoms with Gasteiger partial charge in [-0.15, -0.1) is 6.42 Å². The predicted octanol–water partition coefficient (Wildman–Crippen LogP) is 12.6. The Balaban J connectivity index is 0.000000439. The van der Waals surface area contributed by atoms with Crippen molar-refractivity contribution in [2.45, 2.75) is 38.6 Å². The molecule has 0 bridgehead atoms. The van der Waals surface area contributed by atoms with Gasteiger partial charge in [0.1, 0.15) is 11.2 Å². The van der Waals surface area contributed by atoms with E-state index in [0.717, 1.165) is 68.4 Å². The first-order chi connectivity index (χ1) is 26.4. The number of benzene rings is 5. The van der Waals surface area contributed by atoms with E-state index in [4.69, 9.17) is 16.7 Å². The van der Waals surface area contributed by atoms with Crippen LogP contribution in [0, 0.1) is 12.3 Å². The first-order valence-electron chi connectivity index (χ1n) is 18.4. The second-order valence-electron chi connectivity index (χ2n) is 13.3. The molecular weight excluding hydrogens is 659 g/mol. The molecule has 2 unspecified atom stereocenters. The number of nitrogens with two attached hydrogens (primary N) is 1. The van der Waals surface area contributed by atoms with Crippen LogP contribution in [0.1, 0.15) is 49.3 Å². The fourth-order valence-corrected chi connectivity index (χ4v) is 6.91. The molecule has 4 nitrogen and oxygen atoms in total. The number of hydrogen-bond donors (Lipinski definition) is 2. The predicted molar refractivity (Wildman–Crippen MR) is 231 cm³/mol. The Labute approximate surface area is 320 Å². The summed E-state index contributed by atoms with van der Waals surface area (Å²) in [6.07, 6.45) is 22.4. The Bertz CT molecular complexity index is 2400. The molecule has 1 aromatic heterocycles. The number of nitrogens with one attached hydrogen (secondary N) is 1. The van der Waals surface area contributed by atoms with Crippen molar-refractivity contribution in [3.05, 3.63) is 199 Å². The normalized spacial score (nSPS) is 15.0. The molecule has 0 saturated heterocycles. The molecule has 1 aliphatic heterocycles. The Morgan fingerprint density at radius 2 is 1.65 bits per heavy atom. The molecule has 0 spiro atoms. The van der Waals surface area contributed by atoms with Crippen LogP contribution in [0.25, 0.3) is 38.6 Å². The van der Waals surface area contributed by atoms with Crippen molar-refractivity contribution >= 4 is 38.9 Å². The lowest BCUT2D eigenvalue weighted by Crippen LogP contribution is -2.33. The number of fused-ring (bicyclic) bond motifs is 4. The second kappa shape index (κ2) is 17.9. The summed E-state index contributed by atoms with van der Waals surface area (Å²) >= 11 is 0. The van der Waals surface area contributed by atoms with Crippen LogP contribution in [0.15, 0.2) is 187 Å². The quantitative estimate of drug-likeness (QED) is 0.0645. The highest BCUT2D eigenvalue weighted by Crippen LogP contribution is 2.42. The fourth-order valence-electron chi connectivity index (χ4n) is 6.91. The van der Waals surface area contributed by atoms with Crippen molar-refractivity contribution in [3.8, 4) is 23.5 Å². The Morgan fingerprint density at radius 1 is 0.907 bits per heavy atom. The zero-order valence-electron chi connectivity index (χ0n) is 31.1. The zero-order chi connectivity index (χ0) is 37.9. The van der Waals surface area contributed by atoms with E-state index in [9.17, 15) is 0 Å². The lowest BCUT2D eigenvalue weighted by molar-refractivity contribution is 0.504. The maximum absolute atomic E-state index is 6.42. The molecule has 2 atom stereocenters. The minimum atomic E-state index is 0.139. The molecule has 268 valence electrons. The molecular formula is C50H47N3O. The topological polar surface area (TPSA) is 54.4 Å². The van der Waals surface area contributed by atoms with E-state index in [1.54, 1.807) is 6.08 Å². The zero-order valence-corrected chi connectivity index (χ0v) is 31.1. The number of nitrogens with zero attached hydrogens (tertiary/aromatic N) is 1. The van der Waals surface area contributed by atoms with Gasteiger partial charge in [0.25, 0.3) is 0 Å². The number of rotatable bonds is 10. The molecule has 6 aromatic rings. The summed E-state index contributed by atoms with van der Waals surface area (Å²) in [6.45, 7) is 12.3. The van der Waals surface area contributed by atoms with Crippen molar-refractivity contribution in [3.63, 3.8) is 0 Å². The van der Waals surface area contributed by atoms with Gasteiger partial charge in [0.05, 0.1) is 5.69 Å². The van der Waals surface area contributed by atoms with Gasteiger partial charge in [-0.25, -0.2) is 0 Å². The van der Waals surface area contributed by atoms with E-state index >= 15 is 0 Å². The van der Waals surface area contributed by atoms with E-state index in [-0.39, 0.29) is 12.0 Å². The summed E-state index contributed by atoms with van der Waals surface area (Å²) in [4.78, 5) is 2.22. The van der Waals surface area contributed by atoms with Gasteiger partial charge >= 0.3 is 0 Å². The van der Waals surface area contributed by atoms with Gasteiger partial charge in [0.2, 0.25) is 0 Å². The number of furan rings is 1. The molecule has 54 heavy (non-hydrogen) atoms. The third-order valence-electron chi connectivity index (χ3n) is 9.76. The molecule has 0 saturated carbocycles. The molecule has 0 radical (unpaired) electrons. The summed E-state index contributed by atoms with van der Waals surface area (Å²) in [7, 11) is 0. The van der Waals surface area contributed by atoms with Gasteiger partial charge in [-0.05, 0) is 108 Å². The maximum Gasteiger partial charge on any atom is 0.135 e. The third kappa shape index (κ3) is 8.46. The monoisotopic (exact) mass is 705 g/mol. The van der Waals surface area contributed by atoms with E-state index in [2.05, 4.69) is 171 Å². The van der Waals surface area contributed by atoms with Gasteiger partial charge in [0.15, 0.2) is 0 Å². The van der Waals surface area contributed by atoms with Crippen molar-refractivity contribution in [1.82, 2.24) is 5.43 Å². The Morgan fingerprint density at radius 3 is 2.37 bits per heavy atom. The number of anilines is 2. The largest absolute Gasteiger partial charge is 0.456 e. The second-order valence-corrected chi connectivity index (χ2v) is 13.3. The van der Waals surface area contributed by atoms with Crippen molar-refractivity contribution in [1.29, 1.82) is 0 Å². The number of para-hydroxylation sites is 1. The van der Waals surface area contributed by atoms with E-state index in [1.165, 1.54) is 16.7 Å².